The topological polar surface area (TPSA) is 26.0 Å². The summed E-state index contributed by atoms with van der Waals surface area (Å²) in [6.45, 7) is 4.69. The highest BCUT2D eigenvalue weighted by atomic mass is 19.3. The van der Waals surface area contributed by atoms with Crippen LogP contribution in [0, 0.1) is 12.8 Å². The molecule has 1 aromatic carbocycles. The molecule has 0 atom stereocenters. The summed E-state index contributed by atoms with van der Waals surface area (Å²) in [6.07, 6.45) is 0. The van der Waals surface area contributed by atoms with Gasteiger partial charge in [0.2, 0.25) is 0 Å². The first-order chi connectivity index (χ1) is 7.41. The Morgan fingerprint density at radius 3 is 2.62 bits per heavy atom. The summed E-state index contributed by atoms with van der Waals surface area (Å²) in [5.41, 5.74) is 1.00. The molecule has 0 spiro atoms. The third kappa shape index (κ3) is 1.68. The van der Waals surface area contributed by atoms with Crippen LogP contribution in [0.5, 0.6) is 0 Å². The Morgan fingerprint density at radius 2 is 2.00 bits per heavy atom. The number of oxazole rings is 1. The summed E-state index contributed by atoms with van der Waals surface area (Å²) >= 11 is 0. The molecular weight excluding hydrogens is 212 g/mol. The molecule has 0 saturated carbocycles. The van der Waals surface area contributed by atoms with Crippen molar-refractivity contribution in [1.82, 2.24) is 4.98 Å². The van der Waals surface area contributed by atoms with Gasteiger partial charge >= 0.3 is 0 Å². The predicted octanol–water partition coefficient (Wildman–Crippen LogP) is 3.88. The van der Waals surface area contributed by atoms with Crippen molar-refractivity contribution in [1.29, 1.82) is 0 Å². The first kappa shape index (κ1) is 11.0. The minimum absolute atomic E-state index is 0.0221. The van der Waals surface area contributed by atoms with E-state index in [4.69, 9.17) is 4.42 Å². The summed E-state index contributed by atoms with van der Waals surface area (Å²) in [7, 11) is 0. The zero-order valence-electron chi connectivity index (χ0n) is 9.42. The normalized spacial score (nSPS) is 12.6. The summed E-state index contributed by atoms with van der Waals surface area (Å²) in [5, 5.41) is 0. The Labute approximate surface area is 92.3 Å². The van der Waals surface area contributed by atoms with Gasteiger partial charge in [0.25, 0.3) is 5.92 Å². The average molecular weight is 225 g/mol. The van der Waals surface area contributed by atoms with Gasteiger partial charge in [-0.25, -0.2) is 13.8 Å². The Morgan fingerprint density at radius 1 is 1.31 bits per heavy atom. The van der Waals surface area contributed by atoms with Gasteiger partial charge in [-0.05, 0) is 12.1 Å². The zero-order chi connectivity index (χ0) is 11.9. The maximum Gasteiger partial charge on any atom is 0.275 e. The van der Waals surface area contributed by atoms with Crippen LogP contribution in [0.2, 0.25) is 0 Å². The minimum Gasteiger partial charge on any atom is -0.441 e. The smallest absolute Gasteiger partial charge is 0.275 e. The Kier molecular flexibility index (Phi) is 2.45. The van der Waals surface area contributed by atoms with E-state index < -0.39 is 11.8 Å². The molecule has 0 amide bonds. The lowest BCUT2D eigenvalue weighted by molar-refractivity contribution is -0.0513. The lowest BCUT2D eigenvalue weighted by Gasteiger charge is -2.20. The van der Waals surface area contributed by atoms with E-state index in [-0.39, 0.29) is 5.56 Å². The highest BCUT2D eigenvalue weighted by Crippen LogP contribution is 2.36. The maximum absolute atomic E-state index is 13.8. The summed E-state index contributed by atoms with van der Waals surface area (Å²) in [4.78, 5) is 4.07. The number of aromatic nitrogens is 1. The predicted molar refractivity (Wildman–Crippen MR) is 57.5 cm³/mol. The van der Waals surface area contributed by atoms with E-state index in [1.54, 1.807) is 13.0 Å². The second-order valence-corrected chi connectivity index (χ2v) is 4.19. The number of alkyl halides is 2. The number of halogens is 2. The summed E-state index contributed by atoms with van der Waals surface area (Å²) < 4.78 is 32.7. The SMILES string of the molecule is Cc1nc2ccc(C(F)(F)C(C)C)cc2o1. The van der Waals surface area contributed by atoms with Crippen molar-refractivity contribution in [3.8, 4) is 0 Å². The molecule has 0 aliphatic rings. The number of fused-ring (bicyclic) bond motifs is 1. The molecule has 0 bridgehead atoms. The Bertz CT molecular complexity index is 517. The van der Waals surface area contributed by atoms with Crippen molar-refractivity contribution < 1.29 is 13.2 Å². The molecule has 2 nitrogen and oxygen atoms in total. The Hall–Kier alpha value is -1.45. The molecule has 2 aromatic rings. The number of hydrogen-bond acceptors (Lipinski definition) is 2. The molecule has 4 heteroatoms. The lowest BCUT2D eigenvalue weighted by Crippen LogP contribution is -2.20. The van der Waals surface area contributed by atoms with Crippen molar-refractivity contribution >= 4 is 11.1 Å². The summed E-state index contributed by atoms with van der Waals surface area (Å²) in [6, 6.07) is 4.34. The van der Waals surface area contributed by atoms with Crippen LogP contribution in [0.3, 0.4) is 0 Å². The van der Waals surface area contributed by atoms with Crippen LogP contribution in [-0.2, 0) is 5.92 Å². The van der Waals surface area contributed by atoms with E-state index in [9.17, 15) is 8.78 Å². The van der Waals surface area contributed by atoms with Crippen molar-refractivity contribution in [3.05, 3.63) is 29.7 Å². The third-order valence-corrected chi connectivity index (χ3v) is 2.61. The van der Waals surface area contributed by atoms with Crippen LogP contribution in [-0.4, -0.2) is 4.98 Å². The van der Waals surface area contributed by atoms with Crippen LogP contribution >= 0.6 is 0 Å². The molecule has 0 radical (unpaired) electrons. The number of hydrogen-bond donors (Lipinski definition) is 0. The van der Waals surface area contributed by atoms with Gasteiger partial charge in [-0.3, -0.25) is 0 Å². The van der Waals surface area contributed by atoms with E-state index in [1.165, 1.54) is 26.0 Å². The van der Waals surface area contributed by atoms with Gasteiger partial charge in [-0.1, -0.05) is 19.9 Å². The summed E-state index contributed by atoms with van der Waals surface area (Å²) in [5.74, 6) is -3.09. The number of rotatable bonds is 2. The van der Waals surface area contributed by atoms with E-state index >= 15 is 0 Å². The molecule has 1 aromatic heterocycles. The molecule has 2 rings (SSSR count). The molecule has 86 valence electrons. The lowest BCUT2D eigenvalue weighted by atomic mass is 9.98. The molecule has 1 heterocycles. The largest absolute Gasteiger partial charge is 0.441 e. The van der Waals surface area contributed by atoms with Gasteiger partial charge in [0.15, 0.2) is 11.5 Å². The maximum atomic E-state index is 13.8. The average Bonchev–Trinajstić information content (AvgIpc) is 2.56. The molecule has 0 fully saturated rings. The fourth-order valence-electron chi connectivity index (χ4n) is 1.58. The fraction of sp³-hybridized carbons (Fsp3) is 0.417. The molecule has 16 heavy (non-hydrogen) atoms. The van der Waals surface area contributed by atoms with E-state index in [0.29, 0.717) is 17.0 Å². The highest BCUT2D eigenvalue weighted by molar-refractivity contribution is 5.73. The monoisotopic (exact) mass is 225 g/mol. The molecular formula is C12H13F2NO. The molecule has 0 unspecified atom stereocenters. The van der Waals surface area contributed by atoms with E-state index in [2.05, 4.69) is 4.98 Å². The van der Waals surface area contributed by atoms with Crippen molar-refractivity contribution in [2.45, 2.75) is 26.7 Å². The van der Waals surface area contributed by atoms with Gasteiger partial charge in [0.05, 0.1) is 0 Å². The van der Waals surface area contributed by atoms with Gasteiger partial charge in [-0.15, -0.1) is 0 Å². The van der Waals surface area contributed by atoms with Gasteiger partial charge in [0.1, 0.15) is 5.52 Å². The third-order valence-electron chi connectivity index (χ3n) is 2.61. The van der Waals surface area contributed by atoms with Crippen molar-refractivity contribution in [2.24, 2.45) is 5.92 Å². The fourth-order valence-corrected chi connectivity index (χ4v) is 1.58. The minimum atomic E-state index is -2.84. The first-order valence-corrected chi connectivity index (χ1v) is 5.16. The highest BCUT2D eigenvalue weighted by Gasteiger charge is 2.35. The standard InChI is InChI=1S/C12H13F2NO/c1-7(2)12(13,14)9-4-5-10-11(6-9)16-8(3)15-10/h4-7H,1-3H3. The molecule has 0 saturated heterocycles. The van der Waals surface area contributed by atoms with Gasteiger partial charge in [-0.2, -0.15) is 0 Å². The van der Waals surface area contributed by atoms with Gasteiger partial charge < -0.3 is 4.42 Å². The second kappa shape index (κ2) is 3.54. The first-order valence-electron chi connectivity index (χ1n) is 5.16. The van der Waals surface area contributed by atoms with Crippen LogP contribution in [0.1, 0.15) is 25.3 Å². The van der Waals surface area contributed by atoms with Crippen molar-refractivity contribution in [2.75, 3.05) is 0 Å². The second-order valence-electron chi connectivity index (χ2n) is 4.19. The number of nitrogens with zero attached hydrogens (tertiary/aromatic N) is 1. The van der Waals surface area contributed by atoms with E-state index in [1.807, 2.05) is 0 Å². The Balaban J connectivity index is 2.54. The van der Waals surface area contributed by atoms with Crippen LogP contribution < -0.4 is 0 Å². The van der Waals surface area contributed by atoms with Crippen LogP contribution in [0.4, 0.5) is 8.78 Å². The van der Waals surface area contributed by atoms with Crippen LogP contribution in [0.25, 0.3) is 11.1 Å². The molecule has 0 aliphatic heterocycles. The van der Waals surface area contributed by atoms with Crippen molar-refractivity contribution in [3.63, 3.8) is 0 Å². The van der Waals surface area contributed by atoms with E-state index in [0.717, 1.165) is 0 Å². The zero-order valence-corrected chi connectivity index (χ0v) is 9.42. The number of benzene rings is 1. The molecule has 0 N–H and O–H groups in total. The molecule has 0 aliphatic carbocycles. The van der Waals surface area contributed by atoms with Gasteiger partial charge in [0, 0.05) is 18.4 Å². The number of aryl methyl sites for hydroxylation is 1. The van der Waals surface area contributed by atoms with Crippen LogP contribution in [0.15, 0.2) is 22.6 Å². The quantitative estimate of drug-likeness (QED) is 0.775.